The van der Waals surface area contributed by atoms with E-state index in [9.17, 15) is 9.59 Å². The number of thiazole rings is 1. The normalized spacial score (nSPS) is 13.9. The Morgan fingerprint density at radius 2 is 1.82 bits per heavy atom. The summed E-state index contributed by atoms with van der Waals surface area (Å²) in [6.45, 7) is 4.08. The fraction of sp³-hybridized carbons (Fsp3) is 0.227. The SMILES string of the molecule is Cc1nc(-c2ccccc2)c(C(=O)O[C@@H](C)C(=O)N2CCc3ccccc32)s1. The van der Waals surface area contributed by atoms with E-state index in [0.29, 0.717) is 17.1 Å². The first-order chi connectivity index (χ1) is 13.5. The molecule has 3 aromatic rings. The Morgan fingerprint density at radius 3 is 2.61 bits per heavy atom. The zero-order valence-corrected chi connectivity index (χ0v) is 16.5. The molecule has 1 amide bonds. The van der Waals surface area contributed by atoms with E-state index in [1.165, 1.54) is 11.3 Å². The minimum Gasteiger partial charge on any atom is -0.448 e. The van der Waals surface area contributed by atoms with Crippen molar-refractivity contribution in [2.24, 2.45) is 0 Å². The van der Waals surface area contributed by atoms with Crippen LogP contribution in [0.5, 0.6) is 0 Å². The summed E-state index contributed by atoms with van der Waals surface area (Å²) in [4.78, 5) is 32.3. The van der Waals surface area contributed by atoms with E-state index in [1.54, 1.807) is 11.8 Å². The van der Waals surface area contributed by atoms with Gasteiger partial charge in [0.2, 0.25) is 0 Å². The van der Waals surface area contributed by atoms with Gasteiger partial charge >= 0.3 is 5.97 Å². The molecule has 0 saturated heterocycles. The number of hydrogen-bond acceptors (Lipinski definition) is 5. The fourth-order valence-corrected chi connectivity index (χ4v) is 4.23. The van der Waals surface area contributed by atoms with E-state index in [4.69, 9.17) is 4.74 Å². The topological polar surface area (TPSA) is 59.5 Å². The monoisotopic (exact) mass is 392 g/mol. The van der Waals surface area contributed by atoms with Crippen LogP contribution in [-0.2, 0) is 16.0 Å². The number of para-hydroxylation sites is 1. The first-order valence-electron chi connectivity index (χ1n) is 9.17. The summed E-state index contributed by atoms with van der Waals surface area (Å²) < 4.78 is 5.54. The quantitative estimate of drug-likeness (QED) is 0.623. The molecule has 1 aliphatic heterocycles. The lowest BCUT2D eigenvalue weighted by molar-refractivity contribution is -0.126. The predicted molar refractivity (Wildman–Crippen MR) is 110 cm³/mol. The standard InChI is InChI=1S/C22H20N2O3S/c1-14(21(25)24-13-12-16-8-6-7-11-18(16)24)27-22(26)20-19(23-15(2)28-20)17-9-4-3-5-10-17/h3-11,14H,12-13H2,1-2H3/t14-/m0/s1. The molecule has 2 heterocycles. The van der Waals surface area contributed by atoms with Crippen molar-refractivity contribution in [1.29, 1.82) is 0 Å². The summed E-state index contributed by atoms with van der Waals surface area (Å²) in [7, 11) is 0. The Labute approximate surface area is 167 Å². The van der Waals surface area contributed by atoms with Crippen LogP contribution in [0.15, 0.2) is 54.6 Å². The van der Waals surface area contributed by atoms with Crippen LogP contribution in [0.3, 0.4) is 0 Å². The van der Waals surface area contributed by atoms with Crippen LogP contribution >= 0.6 is 11.3 Å². The van der Waals surface area contributed by atoms with Crippen molar-refractivity contribution < 1.29 is 14.3 Å². The lowest BCUT2D eigenvalue weighted by Gasteiger charge is -2.21. The van der Waals surface area contributed by atoms with Crippen LogP contribution in [0.25, 0.3) is 11.3 Å². The van der Waals surface area contributed by atoms with Crippen LogP contribution in [0, 0.1) is 6.92 Å². The van der Waals surface area contributed by atoms with Gasteiger partial charge in [0.25, 0.3) is 5.91 Å². The van der Waals surface area contributed by atoms with Gasteiger partial charge in [-0.2, -0.15) is 0 Å². The van der Waals surface area contributed by atoms with E-state index in [2.05, 4.69) is 4.98 Å². The average Bonchev–Trinajstić information content (AvgIpc) is 3.31. The number of amides is 1. The zero-order valence-electron chi connectivity index (χ0n) is 15.7. The number of carbonyl (C=O) groups is 2. The van der Waals surface area contributed by atoms with Crippen LogP contribution < -0.4 is 4.90 Å². The van der Waals surface area contributed by atoms with Crippen molar-refractivity contribution in [1.82, 2.24) is 4.98 Å². The highest BCUT2D eigenvalue weighted by atomic mass is 32.1. The third-order valence-corrected chi connectivity index (χ3v) is 5.70. The van der Waals surface area contributed by atoms with Gasteiger partial charge < -0.3 is 9.64 Å². The predicted octanol–water partition coefficient (Wildman–Crippen LogP) is 4.25. The molecular formula is C22H20N2O3S. The Balaban J connectivity index is 1.52. The zero-order chi connectivity index (χ0) is 19.7. The summed E-state index contributed by atoms with van der Waals surface area (Å²) in [5.74, 6) is -0.724. The second-order valence-electron chi connectivity index (χ2n) is 6.69. The smallest absolute Gasteiger partial charge is 0.351 e. The maximum atomic E-state index is 12.9. The van der Waals surface area contributed by atoms with Crippen molar-refractivity contribution in [2.45, 2.75) is 26.4 Å². The van der Waals surface area contributed by atoms with Crippen LogP contribution in [0.4, 0.5) is 5.69 Å². The van der Waals surface area contributed by atoms with Gasteiger partial charge in [0.15, 0.2) is 6.10 Å². The van der Waals surface area contributed by atoms with E-state index >= 15 is 0 Å². The van der Waals surface area contributed by atoms with E-state index in [0.717, 1.165) is 28.2 Å². The Bertz CT molecular complexity index is 1030. The summed E-state index contributed by atoms with van der Waals surface area (Å²) in [6.07, 6.45) is -0.0564. The largest absolute Gasteiger partial charge is 0.448 e. The van der Waals surface area contributed by atoms with Crippen LogP contribution in [-0.4, -0.2) is 29.5 Å². The molecule has 0 aliphatic carbocycles. The molecule has 0 bridgehead atoms. The highest BCUT2D eigenvalue weighted by Gasteiger charge is 2.31. The summed E-state index contributed by atoms with van der Waals surface area (Å²) in [5.41, 5.74) is 3.48. The molecule has 6 heteroatoms. The molecule has 0 unspecified atom stereocenters. The van der Waals surface area contributed by atoms with Gasteiger partial charge in [0.05, 0.1) is 10.7 Å². The number of ether oxygens (including phenoxy) is 1. The molecule has 28 heavy (non-hydrogen) atoms. The number of rotatable bonds is 4. The summed E-state index contributed by atoms with van der Waals surface area (Å²) >= 11 is 1.28. The highest BCUT2D eigenvalue weighted by Crippen LogP contribution is 2.30. The fourth-order valence-electron chi connectivity index (χ4n) is 3.41. The van der Waals surface area contributed by atoms with E-state index in [1.807, 2.05) is 61.5 Å². The Kier molecular flexibility index (Phi) is 4.96. The van der Waals surface area contributed by atoms with Gasteiger partial charge in [-0.3, -0.25) is 4.79 Å². The second kappa shape index (κ2) is 7.56. The van der Waals surface area contributed by atoms with E-state index in [-0.39, 0.29) is 5.91 Å². The van der Waals surface area contributed by atoms with Crippen molar-refractivity contribution in [3.05, 3.63) is 70.0 Å². The molecule has 142 valence electrons. The number of nitrogens with zero attached hydrogens (tertiary/aromatic N) is 2. The van der Waals surface area contributed by atoms with Crippen LogP contribution in [0.2, 0.25) is 0 Å². The number of anilines is 1. The highest BCUT2D eigenvalue weighted by molar-refractivity contribution is 7.14. The first-order valence-corrected chi connectivity index (χ1v) is 9.99. The molecule has 0 fully saturated rings. The first kappa shape index (κ1) is 18.4. The van der Waals surface area contributed by atoms with Crippen molar-refractivity contribution >= 4 is 28.9 Å². The maximum absolute atomic E-state index is 12.9. The third-order valence-electron chi connectivity index (χ3n) is 4.75. The number of esters is 1. The lowest BCUT2D eigenvalue weighted by Crippen LogP contribution is -2.39. The number of fused-ring (bicyclic) bond motifs is 1. The molecular weight excluding hydrogens is 372 g/mol. The van der Waals surface area contributed by atoms with Crippen LogP contribution in [0.1, 0.15) is 27.2 Å². The van der Waals surface area contributed by atoms with Crippen molar-refractivity contribution in [3.8, 4) is 11.3 Å². The number of aromatic nitrogens is 1. The molecule has 1 atom stereocenters. The third kappa shape index (κ3) is 3.43. The lowest BCUT2D eigenvalue weighted by atomic mass is 10.1. The number of aryl methyl sites for hydroxylation is 1. The Morgan fingerprint density at radius 1 is 1.11 bits per heavy atom. The molecule has 5 nitrogen and oxygen atoms in total. The minimum absolute atomic E-state index is 0.208. The minimum atomic E-state index is -0.871. The molecule has 0 radical (unpaired) electrons. The number of hydrogen-bond donors (Lipinski definition) is 0. The van der Waals surface area contributed by atoms with Gasteiger partial charge in [0.1, 0.15) is 4.88 Å². The second-order valence-corrected chi connectivity index (χ2v) is 7.90. The van der Waals surface area contributed by atoms with Gasteiger partial charge in [-0.1, -0.05) is 48.5 Å². The van der Waals surface area contributed by atoms with Gasteiger partial charge in [0, 0.05) is 17.8 Å². The Hall–Kier alpha value is -2.99. The average molecular weight is 392 g/mol. The molecule has 0 saturated carbocycles. The molecule has 1 aromatic heterocycles. The van der Waals surface area contributed by atoms with Crippen molar-refractivity contribution in [3.63, 3.8) is 0 Å². The summed E-state index contributed by atoms with van der Waals surface area (Å²) in [5, 5.41) is 0.776. The van der Waals surface area contributed by atoms with Gasteiger partial charge in [-0.25, -0.2) is 9.78 Å². The van der Waals surface area contributed by atoms with Gasteiger partial charge in [-0.15, -0.1) is 11.3 Å². The maximum Gasteiger partial charge on any atom is 0.351 e. The summed E-state index contributed by atoms with van der Waals surface area (Å²) in [6, 6.07) is 17.3. The van der Waals surface area contributed by atoms with Crippen molar-refractivity contribution in [2.75, 3.05) is 11.4 Å². The molecule has 2 aromatic carbocycles. The van der Waals surface area contributed by atoms with E-state index < -0.39 is 12.1 Å². The molecule has 0 N–H and O–H groups in total. The molecule has 1 aliphatic rings. The molecule has 0 spiro atoms. The van der Waals surface area contributed by atoms with Gasteiger partial charge in [-0.05, 0) is 31.9 Å². The molecule has 4 rings (SSSR count). The number of benzene rings is 2. The number of carbonyl (C=O) groups excluding carboxylic acids is 2.